The van der Waals surface area contributed by atoms with Gasteiger partial charge in [-0.3, -0.25) is 10.1 Å². The third-order valence-corrected chi connectivity index (χ3v) is 2.02. The van der Waals surface area contributed by atoms with Gasteiger partial charge < -0.3 is 14.6 Å². The molecule has 0 aliphatic heterocycles. The van der Waals surface area contributed by atoms with Gasteiger partial charge in [0, 0.05) is 6.07 Å². The number of ether oxygens (including phenoxy) is 2. The number of nitro groups is 1. The molecule has 0 aliphatic rings. The molecule has 18 heavy (non-hydrogen) atoms. The van der Waals surface area contributed by atoms with Gasteiger partial charge in [0.25, 0.3) is 5.69 Å². The topological polar surface area (TPSA) is 98.9 Å². The first kappa shape index (κ1) is 13.3. The van der Waals surface area contributed by atoms with Crippen molar-refractivity contribution < 1.29 is 24.3 Å². The predicted octanol–water partition coefficient (Wildman–Crippen LogP) is 1.31. The van der Waals surface area contributed by atoms with E-state index >= 15 is 0 Å². The van der Waals surface area contributed by atoms with E-state index in [2.05, 4.69) is 5.92 Å². The number of nitro benzene ring substituents is 1. The Labute approximate surface area is 102 Å². The second kappa shape index (κ2) is 5.54. The fourth-order valence-corrected chi connectivity index (χ4v) is 1.26. The molecule has 1 N–H and O–H groups in total. The van der Waals surface area contributed by atoms with Gasteiger partial charge in [-0.2, -0.15) is 0 Å². The molecular weight excluding hydrogens is 242 g/mol. The molecule has 7 heteroatoms. The summed E-state index contributed by atoms with van der Waals surface area (Å²) in [5.74, 6) is 0.846. The van der Waals surface area contributed by atoms with Crippen molar-refractivity contribution >= 4 is 11.7 Å². The maximum absolute atomic E-state index is 10.9. The molecule has 94 valence electrons. The number of methoxy groups -OCH3 is 1. The maximum Gasteiger partial charge on any atom is 0.342 e. The Morgan fingerprint density at radius 1 is 1.56 bits per heavy atom. The molecule has 0 spiro atoms. The van der Waals surface area contributed by atoms with Gasteiger partial charge in [0.05, 0.1) is 18.1 Å². The lowest BCUT2D eigenvalue weighted by Crippen LogP contribution is -2.05. The zero-order valence-electron chi connectivity index (χ0n) is 9.37. The zero-order valence-corrected chi connectivity index (χ0v) is 9.37. The number of carboxylic acid groups (broad SMARTS) is 1. The van der Waals surface area contributed by atoms with Crippen molar-refractivity contribution in [2.24, 2.45) is 0 Å². The molecule has 0 saturated carbocycles. The van der Waals surface area contributed by atoms with Crippen LogP contribution in [-0.2, 0) is 0 Å². The van der Waals surface area contributed by atoms with Crippen molar-refractivity contribution in [1.29, 1.82) is 0 Å². The lowest BCUT2D eigenvalue weighted by molar-refractivity contribution is -0.385. The number of carboxylic acids is 1. The van der Waals surface area contributed by atoms with E-state index in [-0.39, 0.29) is 18.1 Å². The number of nitrogens with zero attached hydrogens (tertiary/aromatic N) is 1. The quantitative estimate of drug-likeness (QED) is 0.481. The van der Waals surface area contributed by atoms with Crippen LogP contribution in [0.2, 0.25) is 0 Å². The summed E-state index contributed by atoms with van der Waals surface area (Å²) in [5, 5.41) is 19.6. The Morgan fingerprint density at radius 3 is 2.67 bits per heavy atom. The summed E-state index contributed by atoms with van der Waals surface area (Å²) in [6, 6.07) is 1.99. The Bertz CT molecular complexity index is 531. The molecule has 0 bridgehead atoms. The van der Waals surface area contributed by atoms with Crippen molar-refractivity contribution in [3.63, 3.8) is 0 Å². The smallest absolute Gasteiger partial charge is 0.342 e. The molecule has 0 unspecified atom stereocenters. The maximum atomic E-state index is 10.9. The monoisotopic (exact) mass is 251 g/mol. The Morgan fingerprint density at radius 2 is 2.22 bits per heavy atom. The number of carbonyl (C=O) groups is 1. The standard InChI is InChI=1S/C11H9NO6/c1-3-4-18-10-6-8(12(15)16)7(11(13)14)5-9(10)17-2/h1,5-6H,4H2,2H3,(H,13,14). The summed E-state index contributed by atoms with van der Waals surface area (Å²) >= 11 is 0. The van der Waals surface area contributed by atoms with E-state index < -0.39 is 22.1 Å². The van der Waals surface area contributed by atoms with Crippen molar-refractivity contribution in [2.75, 3.05) is 13.7 Å². The van der Waals surface area contributed by atoms with Crippen molar-refractivity contribution in [2.45, 2.75) is 0 Å². The predicted molar refractivity (Wildman–Crippen MR) is 60.9 cm³/mol. The first-order valence-electron chi connectivity index (χ1n) is 4.67. The van der Waals surface area contributed by atoms with E-state index in [4.69, 9.17) is 21.0 Å². The van der Waals surface area contributed by atoms with Gasteiger partial charge in [-0.15, -0.1) is 6.42 Å². The molecule has 1 rings (SSSR count). The molecule has 0 amide bonds. The number of terminal acetylenes is 1. The normalized spacial score (nSPS) is 9.33. The third kappa shape index (κ3) is 2.68. The molecule has 0 aromatic heterocycles. The number of hydrogen-bond donors (Lipinski definition) is 1. The molecule has 7 nitrogen and oxygen atoms in total. The van der Waals surface area contributed by atoms with Crippen LogP contribution in [0.3, 0.4) is 0 Å². The fraction of sp³-hybridized carbons (Fsp3) is 0.182. The summed E-state index contributed by atoms with van der Waals surface area (Å²) in [6.07, 6.45) is 5.00. The Balaban J connectivity index is 3.37. The van der Waals surface area contributed by atoms with Crippen LogP contribution >= 0.6 is 0 Å². The highest BCUT2D eigenvalue weighted by Crippen LogP contribution is 2.34. The van der Waals surface area contributed by atoms with Gasteiger partial charge in [0.2, 0.25) is 0 Å². The summed E-state index contributed by atoms with van der Waals surface area (Å²) in [7, 11) is 1.29. The van der Waals surface area contributed by atoms with Gasteiger partial charge >= 0.3 is 5.97 Å². The second-order valence-corrected chi connectivity index (χ2v) is 3.08. The molecule has 0 atom stereocenters. The van der Waals surface area contributed by atoms with Gasteiger partial charge in [-0.1, -0.05) is 5.92 Å². The van der Waals surface area contributed by atoms with E-state index in [1.165, 1.54) is 7.11 Å². The molecule has 1 aromatic rings. The highest BCUT2D eigenvalue weighted by atomic mass is 16.6. The minimum absolute atomic E-state index is 0.0205. The van der Waals surface area contributed by atoms with Crippen LogP contribution in [0.5, 0.6) is 11.5 Å². The van der Waals surface area contributed by atoms with E-state index in [1.54, 1.807) is 0 Å². The number of hydrogen-bond acceptors (Lipinski definition) is 5. The average Bonchev–Trinajstić information content (AvgIpc) is 2.34. The summed E-state index contributed by atoms with van der Waals surface area (Å²) in [4.78, 5) is 20.8. The number of aromatic carboxylic acids is 1. The highest BCUT2D eigenvalue weighted by molar-refractivity contribution is 5.93. The minimum atomic E-state index is -1.43. The number of benzene rings is 1. The van der Waals surface area contributed by atoms with E-state index in [9.17, 15) is 14.9 Å². The molecule has 0 heterocycles. The molecule has 0 aliphatic carbocycles. The van der Waals surface area contributed by atoms with E-state index in [1.807, 2.05) is 0 Å². The molecule has 0 fully saturated rings. The van der Waals surface area contributed by atoms with Crippen LogP contribution < -0.4 is 9.47 Å². The van der Waals surface area contributed by atoms with Crippen LogP contribution in [0.25, 0.3) is 0 Å². The van der Waals surface area contributed by atoms with Gasteiger partial charge in [-0.25, -0.2) is 4.79 Å². The first-order valence-corrected chi connectivity index (χ1v) is 4.67. The minimum Gasteiger partial charge on any atom is -0.493 e. The summed E-state index contributed by atoms with van der Waals surface area (Å²) < 4.78 is 9.93. The number of rotatable bonds is 5. The lowest BCUT2D eigenvalue weighted by atomic mass is 10.1. The highest BCUT2D eigenvalue weighted by Gasteiger charge is 2.24. The SMILES string of the molecule is C#CCOc1cc([N+](=O)[O-])c(C(=O)O)cc1OC. The van der Waals surface area contributed by atoms with Gasteiger partial charge in [-0.05, 0) is 0 Å². The molecule has 0 radical (unpaired) electrons. The molecule has 1 aromatic carbocycles. The van der Waals surface area contributed by atoms with Crippen LogP contribution in [0.15, 0.2) is 12.1 Å². The summed E-state index contributed by atoms with van der Waals surface area (Å²) in [5.41, 5.74) is -1.07. The lowest BCUT2D eigenvalue weighted by Gasteiger charge is -2.09. The van der Waals surface area contributed by atoms with Crippen LogP contribution in [0, 0.1) is 22.5 Å². The molecule has 0 saturated heterocycles. The van der Waals surface area contributed by atoms with Crippen LogP contribution in [-0.4, -0.2) is 29.7 Å². The largest absolute Gasteiger partial charge is 0.493 e. The van der Waals surface area contributed by atoms with E-state index in [0.717, 1.165) is 12.1 Å². The Hall–Kier alpha value is -2.75. The van der Waals surface area contributed by atoms with Crippen molar-refractivity contribution in [1.82, 2.24) is 0 Å². The Kier molecular flexibility index (Phi) is 4.10. The van der Waals surface area contributed by atoms with Crippen molar-refractivity contribution in [3.05, 3.63) is 27.8 Å². The third-order valence-electron chi connectivity index (χ3n) is 2.02. The van der Waals surface area contributed by atoms with E-state index in [0.29, 0.717) is 0 Å². The van der Waals surface area contributed by atoms with Crippen LogP contribution in [0.1, 0.15) is 10.4 Å². The molecular formula is C11H9NO6. The second-order valence-electron chi connectivity index (χ2n) is 3.08. The van der Waals surface area contributed by atoms with Crippen molar-refractivity contribution in [3.8, 4) is 23.8 Å². The zero-order chi connectivity index (χ0) is 13.7. The van der Waals surface area contributed by atoms with Gasteiger partial charge in [0.1, 0.15) is 12.2 Å². The fourth-order valence-electron chi connectivity index (χ4n) is 1.26. The first-order chi connectivity index (χ1) is 8.51. The average molecular weight is 251 g/mol. The van der Waals surface area contributed by atoms with Crippen LogP contribution in [0.4, 0.5) is 5.69 Å². The summed E-state index contributed by atoms with van der Waals surface area (Å²) in [6.45, 7) is -0.111. The van der Waals surface area contributed by atoms with Gasteiger partial charge in [0.15, 0.2) is 11.5 Å².